The molecule has 0 aromatic carbocycles. The Kier molecular flexibility index (Phi) is 4.67. The van der Waals surface area contributed by atoms with Gasteiger partial charge in [-0.2, -0.15) is 10.2 Å². The van der Waals surface area contributed by atoms with Crippen LogP contribution in [0.3, 0.4) is 0 Å². The molecule has 1 atom stereocenters. The number of nitrogens with zero attached hydrogens (tertiary/aromatic N) is 4. The lowest BCUT2D eigenvalue weighted by molar-refractivity contribution is 0.0513. The van der Waals surface area contributed by atoms with Crippen LogP contribution in [0.2, 0.25) is 0 Å². The normalized spacial score (nSPS) is 15.2. The summed E-state index contributed by atoms with van der Waals surface area (Å²) in [6.07, 6.45) is 6.91. The van der Waals surface area contributed by atoms with E-state index in [4.69, 9.17) is 14.6 Å². The van der Waals surface area contributed by atoms with E-state index in [1.165, 1.54) is 13.3 Å². The molecule has 0 bridgehead atoms. The molecule has 0 saturated heterocycles. The first-order valence-corrected chi connectivity index (χ1v) is 8.91. The summed E-state index contributed by atoms with van der Waals surface area (Å²) in [5, 5.41) is 18.9. The zero-order valence-electron chi connectivity index (χ0n) is 15.3. The van der Waals surface area contributed by atoms with Crippen molar-refractivity contribution in [3.05, 3.63) is 42.0 Å². The molecule has 1 aliphatic carbocycles. The summed E-state index contributed by atoms with van der Waals surface area (Å²) in [6.45, 7) is 0.633. The van der Waals surface area contributed by atoms with E-state index in [-0.39, 0.29) is 6.61 Å². The van der Waals surface area contributed by atoms with Gasteiger partial charge in [0, 0.05) is 31.0 Å². The summed E-state index contributed by atoms with van der Waals surface area (Å²) in [7, 11) is 2.92. The molecule has 0 radical (unpaired) electrons. The monoisotopic (exact) mass is 370 g/mol. The first-order valence-electron chi connectivity index (χ1n) is 8.91. The summed E-state index contributed by atoms with van der Waals surface area (Å²) in [6, 6.07) is 3.89. The number of aromatic nitrogens is 4. The minimum Gasteiger partial charge on any atom is -0.465 e. The van der Waals surface area contributed by atoms with E-state index < -0.39 is 12.1 Å². The molecule has 1 aliphatic rings. The molecule has 0 aliphatic heterocycles. The van der Waals surface area contributed by atoms with Gasteiger partial charge in [-0.1, -0.05) is 0 Å². The zero-order chi connectivity index (χ0) is 19.0. The van der Waals surface area contributed by atoms with E-state index in [1.54, 1.807) is 16.3 Å². The Morgan fingerprint density at radius 2 is 2.22 bits per heavy atom. The fourth-order valence-electron chi connectivity index (χ4n) is 3.29. The molecule has 1 N–H and O–H groups in total. The molecule has 8 nitrogen and oxygen atoms in total. The van der Waals surface area contributed by atoms with Crippen LogP contribution in [0.4, 0.5) is 0 Å². The molecule has 8 heteroatoms. The maximum Gasteiger partial charge on any atom is 0.341 e. The Morgan fingerprint density at radius 3 is 2.93 bits per heavy atom. The molecule has 1 saturated carbocycles. The van der Waals surface area contributed by atoms with Crippen LogP contribution in [0.5, 0.6) is 0 Å². The Hall–Kier alpha value is -2.71. The van der Waals surface area contributed by atoms with Crippen molar-refractivity contribution in [3.63, 3.8) is 0 Å². The van der Waals surface area contributed by atoms with Gasteiger partial charge in [0.25, 0.3) is 0 Å². The Labute approximate surface area is 156 Å². The maximum atomic E-state index is 12.0. The summed E-state index contributed by atoms with van der Waals surface area (Å²) in [5.74, 6) is 0.0324. The van der Waals surface area contributed by atoms with E-state index >= 15 is 0 Å². The van der Waals surface area contributed by atoms with Gasteiger partial charge in [0.05, 0.1) is 43.8 Å². The van der Waals surface area contributed by atoms with Crippen molar-refractivity contribution in [2.24, 2.45) is 0 Å². The topological polar surface area (TPSA) is 90.9 Å². The molecule has 27 heavy (non-hydrogen) atoms. The Balaban J connectivity index is 1.73. The fourth-order valence-corrected chi connectivity index (χ4v) is 3.29. The number of pyridine rings is 1. The number of esters is 1. The van der Waals surface area contributed by atoms with Crippen LogP contribution in [0.25, 0.3) is 16.6 Å². The van der Waals surface area contributed by atoms with Gasteiger partial charge in [-0.05, 0) is 30.5 Å². The standard InChI is InChI=1S/C19H22N4O4/c1-26-11-14(24)9-22-10-16(18(21-22)12-3-4-12)13-5-6-23-17(7-13)15(8-20-23)19(25)27-2/h5-8,10,12,14,24H,3-4,9,11H2,1-2H3/t14-/m0/s1. The lowest BCUT2D eigenvalue weighted by Gasteiger charge is -2.08. The van der Waals surface area contributed by atoms with Crippen LogP contribution in [0.1, 0.15) is 34.8 Å². The number of fused-ring (bicyclic) bond motifs is 1. The van der Waals surface area contributed by atoms with Crippen molar-refractivity contribution in [3.8, 4) is 11.1 Å². The number of ether oxygens (including phenoxy) is 2. The summed E-state index contributed by atoms with van der Waals surface area (Å²) < 4.78 is 13.3. The van der Waals surface area contributed by atoms with Crippen LogP contribution in [-0.4, -0.2) is 57.4 Å². The number of hydrogen-bond acceptors (Lipinski definition) is 6. The SMILES string of the molecule is COC[C@@H](O)Cn1cc(-c2ccn3ncc(C(=O)OC)c3c2)c(C2CC2)n1. The zero-order valence-corrected chi connectivity index (χ0v) is 15.3. The molecule has 0 amide bonds. The third kappa shape index (κ3) is 3.45. The predicted molar refractivity (Wildman–Crippen MR) is 97.6 cm³/mol. The van der Waals surface area contributed by atoms with Crippen LogP contribution >= 0.6 is 0 Å². The van der Waals surface area contributed by atoms with Gasteiger partial charge in [-0.25, -0.2) is 9.31 Å². The molecular formula is C19H22N4O4. The molecule has 0 spiro atoms. The van der Waals surface area contributed by atoms with Crippen molar-refractivity contribution in [1.82, 2.24) is 19.4 Å². The average molecular weight is 370 g/mol. The molecule has 3 aromatic heterocycles. The van der Waals surface area contributed by atoms with Gasteiger partial charge in [0.15, 0.2) is 0 Å². The second kappa shape index (κ2) is 7.13. The lowest BCUT2D eigenvalue weighted by Crippen LogP contribution is -2.21. The first-order chi connectivity index (χ1) is 13.1. The van der Waals surface area contributed by atoms with E-state index in [2.05, 4.69) is 5.10 Å². The van der Waals surface area contributed by atoms with Gasteiger partial charge in [0.1, 0.15) is 5.56 Å². The number of aliphatic hydroxyl groups excluding tert-OH is 1. The Bertz CT molecular complexity index is 973. The third-order valence-corrected chi connectivity index (χ3v) is 4.75. The molecule has 4 rings (SSSR count). The van der Waals surface area contributed by atoms with Crippen LogP contribution < -0.4 is 0 Å². The minimum absolute atomic E-state index is 0.262. The minimum atomic E-state index is -0.613. The molecule has 1 fully saturated rings. The quantitative estimate of drug-likeness (QED) is 0.639. The highest BCUT2D eigenvalue weighted by molar-refractivity contribution is 5.97. The Morgan fingerprint density at radius 1 is 1.41 bits per heavy atom. The number of methoxy groups -OCH3 is 2. The molecular weight excluding hydrogens is 348 g/mol. The van der Waals surface area contributed by atoms with Crippen LogP contribution in [-0.2, 0) is 16.0 Å². The summed E-state index contributed by atoms with van der Waals surface area (Å²) >= 11 is 0. The van der Waals surface area contributed by atoms with Gasteiger partial charge in [-0.15, -0.1) is 0 Å². The third-order valence-electron chi connectivity index (χ3n) is 4.75. The second-order valence-corrected chi connectivity index (χ2v) is 6.83. The van der Waals surface area contributed by atoms with E-state index in [9.17, 15) is 9.90 Å². The van der Waals surface area contributed by atoms with Gasteiger partial charge >= 0.3 is 5.97 Å². The highest BCUT2D eigenvalue weighted by Crippen LogP contribution is 2.43. The lowest BCUT2D eigenvalue weighted by atomic mass is 10.0. The second-order valence-electron chi connectivity index (χ2n) is 6.83. The predicted octanol–water partition coefficient (Wildman–Crippen LogP) is 1.87. The average Bonchev–Trinajstić information content (AvgIpc) is 3.29. The van der Waals surface area contributed by atoms with Crippen molar-refractivity contribution in [2.75, 3.05) is 20.8 Å². The first kappa shape index (κ1) is 17.7. The van der Waals surface area contributed by atoms with E-state index in [0.717, 1.165) is 29.7 Å². The fraction of sp³-hybridized carbons (Fsp3) is 0.421. The number of aliphatic hydroxyl groups is 1. The number of carbonyl (C=O) groups excluding carboxylic acids is 1. The molecule has 142 valence electrons. The summed E-state index contributed by atoms with van der Waals surface area (Å²) in [4.78, 5) is 12.0. The van der Waals surface area contributed by atoms with Crippen LogP contribution in [0.15, 0.2) is 30.7 Å². The molecule has 3 heterocycles. The van der Waals surface area contributed by atoms with Gasteiger partial charge in [0.2, 0.25) is 0 Å². The largest absolute Gasteiger partial charge is 0.465 e. The number of carbonyl (C=O) groups is 1. The highest BCUT2D eigenvalue weighted by Gasteiger charge is 2.30. The molecule has 0 unspecified atom stereocenters. The van der Waals surface area contributed by atoms with Gasteiger partial charge < -0.3 is 14.6 Å². The molecule has 3 aromatic rings. The van der Waals surface area contributed by atoms with Crippen LogP contribution in [0, 0.1) is 0 Å². The van der Waals surface area contributed by atoms with Gasteiger partial charge in [-0.3, -0.25) is 4.68 Å². The van der Waals surface area contributed by atoms with Crippen molar-refractivity contribution < 1.29 is 19.4 Å². The number of hydrogen-bond donors (Lipinski definition) is 1. The van der Waals surface area contributed by atoms with Crippen molar-refractivity contribution >= 4 is 11.5 Å². The van der Waals surface area contributed by atoms with Crippen molar-refractivity contribution in [1.29, 1.82) is 0 Å². The smallest absolute Gasteiger partial charge is 0.341 e. The summed E-state index contributed by atoms with van der Waals surface area (Å²) in [5.41, 5.74) is 4.12. The number of rotatable bonds is 7. The van der Waals surface area contributed by atoms with E-state index in [0.29, 0.717) is 23.5 Å². The van der Waals surface area contributed by atoms with Crippen molar-refractivity contribution in [2.45, 2.75) is 31.4 Å². The maximum absolute atomic E-state index is 12.0. The highest BCUT2D eigenvalue weighted by atomic mass is 16.5. The van der Waals surface area contributed by atoms with E-state index in [1.807, 2.05) is 24.5 Å².